The van der Waals surface area contributed by atoms with E-state index in [0.29, 0.717) is 87.6 Å². The Kier molecular flexibility index (Phi) is 3.45. The molecule has 48 heavy (non-hydrogen) atoms. The van der Waals surface area contributed by atoms with Crippen LogP contribution in [-0.4, -0.2) is 37.1 Å². The normalized spacial score (nSPS) is 16.7. The van der Waals surface area contributed by atoms with Gasteiger partial charge in [-0.25, -0.2) is 31.6 Å². The minimum Gasteiger partial charge on any atom is -0.268 e. The first kappa shape index (κ1) is 24.2. The smallest absolute Gasteiger partial charge is 0.268 e. The third-order valence-electron chi connectivity index (χ3n) is 10.9. The Morgan fingerprint density at radius 2 is 1.23 bits per heavy atom. The zero-order chi connectivity index (χ0) is 31.9. The van der Waals surface area contributed by atoms with Crippen LogP contribution < -0.4 is 10.1 Å². The molecule has 13 rings (SSSR count). The standard InChI is InChI=1S/C36H12N4O6S2/c41-35-15-11-23-29-30-24(48(23,45)46)12-16-26-14(34-38-18-6-2-4-8-20(18)40(34)36(16)42)10-22-28(32(26)30)27-21(47(22,43)44)9-13(25(15)31(27)29)33-37-17-5-1-3-7-19(17)39(33)35/h1-12H/p+1. The predicted octanol–water partition coefficient (Wildman–Crippen LogP) is 5.22. The summed E-state index contributed by atoms with van der Waals surface area (Å²) in [5, 5.41) is 3.96. The summed E-state index contributed by atoms with van der Waals surface area (Å²) in [7, 11) is -8.40. The number of imidazole rings is 2. The molecule has 0 bridgehead atoms. The van der Waals surface area contributed by atoms with Crippen molar-refractivity contribution in [3.8, 4) is 11.4 Å². The van der Waals surface area contributed by atoms with Crippen LogP contribution in [0, 0.1) is 0 Å². The maximum Gasteiger partial charge on any atom is 0.347 e. The highest BCUT2D eigenvalue weighted by Gasteiger charge is 2.46. The zero-order valence-electron chi connectivity index (χ0n) is 24.0. The second-order valence-electron chi connectivity index (χ2n) is 12.9. The second kappa shape index (κ2) is 6.84. The number of aromatic nitrogens is 4. The number of fused-ring (bicyclic) bond motifs is 8. The number of pyridine rings is 1. The van der Waals surface area contributed by atoms with Crippen LogP contribution in [0.5, 0.6) is 0 Å². The number of sulfone groups is 2. The van der Waals surface area contributed by atoms with Crippen molar-refractivity contribution < 1.29 is 26.2 Å². The van der Waals surface area contributed by atoms with Crippen molar-refractivity contribution in [2.45, 2.75) is 19.6 Å². The second-order valence-corrected chi connectivity index (χ2v) is 16.7. The first-order valence-electron chi connectivity index (χ1n) is 15.1. The highest BCUT2D eigenvalue weighted by molar-refractivity contribution is 7.93. The molecule has 0 amide bonds. The van der Waals surface area contributed by atoms with Crippen molar-refractivity contribution >= 4 is 107 Å². The molecule has 0 aliphatic carbocycles. The molecule has 224 valence electrons. The number of para-hydroxylation sites is 4. The summed E-state index contributed by atoms with van der Waals surface area (Å²) in [6.07, 6.45) is 0. The lowest BCUT2D eigenvalue weighted by atomic mass is 9.84. The van der Waals surface area contributed by atoms with E-state index >= 15 is 0 Å². The lowest BCUT2D eigenvalue weighted by molar-refractivity contribution is -0.530. The number of aromatic amines is 1. The average Bonchev–Trinajstić information content (AvgIpc) is 3.78. The van der Waals surface area contributed by atoms with E-state index < -0.39 is 31.1 Å². The molecule has 6 heterocycles. The molecule has 0 saturated heterocycles. The molecule has 10 nitrogen and oxygen atoms in total. The number of nitrogens with zero attached hydrogens (tertiary/aromatic N) is 3. The largest absolute Gasteiger partial charge is 0.347 e. The number of hydrogen-bond acceptors (Lipinski definition) is 7. The Labute approximate surface area is 266 Å². The van der Waals surface area contributed by atoms with Crippen LogP contribution in [0.2, 0.25) is 0 Å². The number of nitrogens with one attached hydrogen (secondary N) is 1. The van der Waals surface area contributed by atoms with E-state index in [1.807, 2.05) is 18.2 Å². The topological polar surface area (TPSA) is 139 Å². The number of H-pyrrole nitrogens is 1. The Hall–Kier alpha value is -5.98. The van der Waals surface area contributed by atoms with Crippen molar-refractivity contribution in [2.24, 2.45) is 0 Å². The van der Waals surface area contributed by atoms with Gasteiger partial charge in [-0.3, -0.25) is 9.20 Å². The molecule has 0 atom stereocenters. The summed E-state index contributed by atoms with van der Waals surface area (Å²) >= 11 is 0. The van der Waals surface area contributed by atoms with Crippen molar-refractivity contribution in [2.75, 3.05) is 0 Å². The minimum atomic E-state index is -4.24. The fourth-order valence-electron chi connectivity index (χ4n) is 9.08. The van der Waals surface area contributed by atoms with Crippen LogP contribution >= 0.6 is 0 Å². The van der Waals surface area contributed by atoms with Gasteiger partial charge in [0, 0.05) is 48.5 Å². The van der Waals surface area contributed by atoms with E-state index in [1.54, 1.807) is 42.5 Å². The van der Waals surface area contributed by atoms with E-state index in [1.165, 1.54) is 21.1 Å². The van der Waals surface area contributed by atoms with E-state index in [9.17, 15) is 26.4 Å². The monoisotopic (exact) mass is 661 g/mol. The number of carbonyl (C=O) groups excluding carboxylic acids is 1. The third kappa shape index (κ3) is 2.16. The van der Waals surface area contributed by atoms with Gasteiger partial charge in [0.2, 0.25) is 19.7 Å². The minimum absolute atomic E-state index is 0.0303. The van der Waals surface area contributed by atoms with Gasteiger partial charge in [0.25, 0.3) is 11.4 Å². The lowest BCUT2D eigenvalue weighted by Crippen LogP contribution is -2.46. The molecule has 1 N–H and O–H groups in total. The van der Waals surface area contributed by atoms with Gasteiger partial charge in [-0.15, -0.1) is 0 Å². The summed E-state index contributed by atoms with van der Waals surface area (Å²) in [5.74, 6) is 0.00945. The van der Waals surface area contributed by atoms with Gasteiger partial charge in [0.1, 0.15) is 5.65 Å². The molecule has 3 aliphatic heterocycles. The lowest BCUT2D eigenvalue weighted by Gasteiger charge is -2.19. The fraction of sp³-hybridized carbons (Fsp3) is 0. The highest BCUT2D eigenvalue weighted by atomic mass is 32.2. The molecule has 12 heteroatoms. The maximum atomic E-state index is 14.8. The molecule has 0 saturated carbocycles. The predicted molar refractivity (Wildman–Crippen MR) is 177 cm³/mol. The van der Waals surface area contributed by atoms with Gasteiger partial charge < -0.3 is 0 Å². The Bertz CT molecular complexity index is 3670. The molecule has 3 aliphatic rings. The van der Waals surface area contributed by atoms with Crippen molar-refractivity contribution in [3.63, 3.8) is 0 Å². The van der Waals surface area contributed by atoms with Gasteiger partial charge in [0.05, 0.1) is 47.1 Å². The van der Waals surface area contributed by atoms with Crippen molar-refractivity contribution in [3.05, 3.63) is 88.7 Å². The maximum absolute atomic E-state index is 14.8. The average molecular weight is 662 g/mol. The molecular formula is C36H13N4O6S2+. The van der Waals surface area contributed by atoms with E-state index in [0.717, 1.165) is 0 Å². The quantitative estimate of drug-likeness (QED) is 0.134. The van der Waals surface area contributed by atoms with Gasteiger partial charge in [-0.05, 0) is 48.5 Å². The number of hydrogen-bond donors (Lipinski definition) is 1. The van der Waals surface area contributed by atoms with Crippen LogP contribution in [0.1, 0.15) is 10.4 Å². The molecule has 7 aromatic carbocycles. The number of carbonyl (C=O) groups is 1. The summed E-state index contributed by atoms with van der Waals surface area (Å²) in [5.41, 5.74) is 2.89. The summed E-state index contributed by atoms with van der Waals surface area (Å²) in [6.45, 7) is 0. The highest BCUT2D eigenvalue weighted by Crippen LogP contribution is 2.59. The Morgan fingerprint density at radius 3 is 1.98 bits per heavy atom. The van der Waals surface area contributed by atoms with Gasteiger partial charge in [0.15, 0.2) is 11.0 Å². The van der Waals surface area contributed by atoms with Crippen LogP contribution in [-0.2, 0) is 19.7 Å². The van der Waals surface area contributed by atoms with Gasteiger partial charge in [-0.1, -0.05) is 24.3 Å². The molecule has 0 fully saturated rings. The van der Waals surface area contributed by atoms with Crippen LogP contribution in [0.3, 0.4) is 0 Å². The molecule has 0 radical (unpaired) electrons. The van der Waals surface area contributed by atoms with Crippen molar-refractivity contribution in [1.29, 1.82) is 0 Å². The number of rotatable bonds is 0. The van der Waals surface area contributed by atoms with E-state index in [-0.39, 0.29) is 30.5 Å². The summed E-state index contributed by atoms with van der Waals surface area (Å²) in [4.78, 5) is 36.8. The van der Waals surface area contributed by atoms with Crippen molar-refractivity contribution in [1.82, 2.24) is 14.4 Å². The van der Waals surface area contributed by atoms with Gasteiger partial charge >= 0.3 is 5.91 Å². The van der Waals surface area contributed by atoms with Crippen LogP contribution in [0.15, 0.2) is 97.2 Å². The first-order chi connectivity index (χ1) is 23.2. The molecule has 0 unspecified atom stereocenters. The molecule has 3 aromatic heterocycles. The third-order valence-corrected chi connectivity index (χ3v) is 14.5. The Balaban J connectivity index is 1.38. The first-order valence-corrected chi connectivity index (χ1v) is 18.1. The molecule has 10 aromatic rings. The molecular weight excluding hydrogens is 649 g/mol. The van der Waals surface area contributed by atoms with Gasteiger partial charge in [-0.2, -0.15) is 4.57 Å². The van der Waals surface area contributed by atoms with Crippen LogP contribution in [0.4, 0.5) is 0 Å². The Morgan fingerprint density at radius 1 is 0.625 bits per heavy atom. The summed E-state index contributed by atoms with van der Waals surface area (Å²) < 4.78 is 61.6. The summed E-state index contributed by atoms with van der Waals surface area (Å²) in [6, 6.07) is 20.4. The molecule has 0 spiro atoms. The zero-order valence-corrected chi connectivity index (χ0v) is 25.7. The van der Waals surface area contributed by atoms with Crippen LogP contribution in [0.25, 0.3) is 93.0 Å². The number of benzene rings is 7. The van der Waals surface area contributed by atoms with E-state index in [2.05, 4.69) is 4.98 Å². The van der Waals surface area contributed by atoms with E-state index in [4.69, 9.17) is 4.98 Å². The SMILES string of the molecule is O=C1c2cc3c4c5c(cc6c(=O)n7c8ccccc8nc7c7cc8c(c9c(cc(c2c49)-c2[nH]c4ccccc4[n+]21)S8(=O)=O)c5c67)S3(=O)=O. The fourth-order valence-corrected chi connectivity index (χ4v) is 12.5.